The number of carboxylic acids is 1. The molecule has 236 valence electrons. The molecule has 1 saturated heterocycles. The third kappa shape index (κ3) is 9.03. The minimum atomic E-state index is -1.89. The SMILES string of the molecule is CC(=O)OC/C=C/c1ccc(O[C@@H]2O[C@H](C(=O)O)[C@@H](O)[C@H](C=O)[C@H]2O)c(NC(=O)CCNC(=O)CCN2C(=O)C=CC2=O)c1. The predicted octanol–water partition coefficient (Wildman–Crippen LogP) is -1.25. The first-order valence-corrected chi connectivity index (χ1v) is 13.3. The van der Waals surface area contributed by atoms with Crippen molar-refractivity contribution >= 4 is 53.6 Å². The van der Waals surface area contributed by atoms with Crippen LogP contribution in [0.15, 0.2) is 36.4 Å². The van der Waals surface area contributed by atoms with Gasteiger partial charge in [-0.2, -0.15) is 0 Å². The highest BCUT2D eigenvalue weighted by Crippen LogP contribution is 2.32. The number of esters is 1. The molecule has 2 aliphatic heterocycles. The van der Waals surface area contributed by atoms with E-state index in [1.807, 2.05) is 0 Å². The van der Waals surface area contributed by atoms with Crippen LogP contribution in [0.5, 0.6) is 5.75 Å². The second kappa shape index (κ2) is 15.5. The number of carbonyl (C=O) groups is 7. The van der Waals surface area contributed by atoms with Crippen molar-refractivity contribution in [3.63, 3.8) is 0 Å². The van der Waals surface area contributed by atoms with Gasteiger partial charge in [-0.3, -0.25) is 28.9 Å². The molecule has 5 N–H and O–H groups in total. The summed E-state index contributed by atoms with van der Waals surface area (Å²) < 4.78 is 15.7. The molecule has 2 heterocycles. The molecule has 1 fully saturated rings. The summed E-state index contributed by atoms with van der Waals surface area (Å²) in [7, 11) is 0. The van der Waals surface area contributed by atoms with Crippen LogP contribution >= 0.6 is 0 Å². The van der Waals surface area contributed by atoms with Crippen LogP contribution in [-0.4, -0.2) is 106 Å². The van der Waals surface area contributed by atoms with Crippen LogP contribution in [0.3, 0.4) is 0 Å². The van der Waals surface area contributed by atoms with Crippen molar-refractivity contribution in [1.82, 2.24) is 10.2 Å². The largest absolute Gasteiger partial charge is 0.479 e. The Bertz CT molecular complexity index is 1340. The first kappa shape index (κ1) is 33.6. The highest BCUT2D eigenvalue weighted by Gasteiger charge is 2.48. The fourth-order valence-corrected chi connectivity index (χ4v) is 4.16. The summed E-state index contributed by atoms with van der Waals surface area (Å²) in [6, 6.07) is 4.34. The fraction of sp³-hybridized carbons (Fsp3) is 0.393. The number of aldehydes is 1. The Morgan fingerprint density at radius 1 is 1.05 bits per heavy atom. The number of aliphatic hydroxyl groups excluding tert-OH is 2. The summed E-state index contributed by atoms with van der Waals surface area (Å²) in [5.74, 6) is -5.86. The lowest BCUT2D eigenvalue weighted by Gasteiger charge is -2.38. The number of nitrogens with zero attached hydrogens (tertiary/aromatic N) is 1. The zero-order valence-electron chi connectivity index (χ0n) is 23.4. The van der Waals surface area contributed by atoms with E-state index >= 15 is 0 Å². The van der Waals surface area contributed by atoms with Crippen LogP contribution in [0.2, 0.25) is 0 Å². The van der Waals surface area contributed by atoms with Crippen molar-refractivity contribution in [2.75, 3.05) is 25.0 Å². The van der Waals surface area contributed by atoms with Gasteiger partial charge in [-0.25, -0.2) is 4.79 Å². The molecular weight excluding hydrogens is 586 g/mol. The standard InChI is InChI=1S/C28H31N3O13/c1-15(33)42-12-2-3-16-4-5-19(43-28-25(39)17(14-32)24(38)26(44-28)27(40)41)18(13-16)30-21(35)8-10-29-20(34)9-11-31-22(36)6-7-23(31)37/h2-7,13-14,17,24-26,28,38-39H,8-12H2,1H3,(H,29,34)(H,30,35)(H,40,41)/b3-2+/t17-,24-,25+,26-,28+/m0/s1. The van der Waals surface area contributed by atoms with Gasteiger partial charge in [-0.05, 0) is 23.8 Å². The Hall–Kier alpha value is -4.93. The second-order valence-electron chi connectivity index (χ2n) is 9.60. The number of anilines is 1. The quantitative estimate of drug-likeness (QED) is 0.0933. The third-order valence-corrected chi connectivity index (χ3v) is 6.41. The van der Waals surface area contributed by atoms with Crippen molar-refractivity contribution in [2.45, 2.75) is 44.4 Å². The first-order chi connectivity index (χ1) is 20.9. The maximum atomic E-state index is 12.7. The van der Waals surface area contributed by atoms with Gasteiger partial charge >= 0.3 is 11.9 Å². The maximum Gasteiger partial charge on any atom is 0.335 e. The molecule has 0 saturated carbocycles. The van der Waals surface area contributed by atoms with E-state index in [4.69, 9.17) is 14.2 Å². The molecule has 0 spiro atoms. The lowest BCUT2D eigenvalue weighted by molar-refractivity contribution is -0.252. The number of hydrogen-bond donors (Lipinski definition) is 5. The van der Waals surface area contributed by atoms with Gasteiger partial charge in [0, 0.05) is 45.0 Å². The third-order valence-electron chi connectivity index (χ3n) is 6.41. The summed E-state index contributed by atoms with van der Waals surface area (Å²) in [6.45, 7) is 0.987. The molecular formula is C28H31N3O13. The number of hydrogen-bond acceptors (Lipinski definition) is 12. The van der Waals surface area contributed by atoms with Gasteiger partial charge in [0.25, 0.3) is 11.8 Å². The van der Waals surface area contributed by atoms with Crippen molar-refractivity contribution in [3.8, 4) is 5.75 Å². The van der Waals surface area contributed by atoms with Gasteiger partial charge in [0.15, 0.2) is 6.10 Å². The van der Waals surface area contributed by atoms with E-state index in [1.165, 1.54) is 31.2 Å². The number of benzene rings is 1. The Balaban J connectivity index is 1.68. The predicted molar refractivity (Wildman–Crippen MR) is 147 cm³/mol. The lowest BCUT2D eigenvalue weighted by atomic mass is 9.90. The number of aliphatic hydroxyl groups is 2. The second-order valence-corrected chi connectivity index (χ2v) is 9.60. The topological polar surface area (TPSA) is 235 Å². The Kier molecular flexibility index (Phi) is 11.8. The molecule has 0 unspecified atom stereocenters. The van der Waals surface area contributed by atoms with E-state index in [9.17, 15) is 48.9 Å². The van der Waals surface area contributed by atoms with E-state index < -0.39 is 66.1 Å². The number of carbonyl (C=O) groups excluding carboxylic acids is 6. The Morgan fingerprint density at radius 3 is 2.39 bits per heavy atom. The van der Waals surface area contributed by atoms with E-state index in [2.05, 4.69) is 10.6 Å². The van der Waals surface area contributed by atoms with E-state index in [-0.39, 0.29) is 50.3 Å². The molecule has 3 rings (SSSR count). The average Bonchev–Trinajstić information content (AvgIpc) is 3.28. The highest BCUT2D eigenvalue weighted by molar-refractivity contribution is 6.13. The maximum absolute atomic E-state index is 12.7. The number of amides is 4. The van der Waals surface area contributed by atoms with Gasteiger partial charge in [-0.1, -0.05) is 12.1 Å². The minimum absolute atomic E-state index is 0.0281. The molecule has 5 atom stereocenters. The van der Waals surface area contributed by atoms with Crippen LogP contribution in [0.1, 0.15) is 25.3 Å². The van der Waals surface area contributed by atoms with Crippen LogP contribution < -0.4 is 15.4 Å². The highest BCUT2D eigenvalue weighted by atomic mass is 16.7. The lowest BCUT2D eigenvalue weighted by Crippen LogP contribution is -2.58. The molecule has 16 nitrogen and oxygen atoms in total. The van der Waals surface area contributed by atoms with Crippen molar-refractivity contribution in [2.24, 2.45) is 5.92 Å². The van der Waals surface area contributed by atoms with Gasteiger partial charge in [0.1, 0.15) is 30.9 Å². The van der Waals surface area contributed by atoms with Gasteiger partial charge in [0.05, 0.1) is 11.6 Å². The summed E-state index contributed by atoms with van der Waals surface area (Å²) >= 11 is 0. The average molecular weight is 618 g/mol. The van der Waals surface area contributed by atoms with E-state index in [1.54, 1.807) is 6.08 Å². The van der Waals surface area contributed by atoms with Crippen LogP contribution in [0.25, 0.3) is 6.08 Å². The zero-order valence-corrected chi connectivity index (χ0v) is 23.4. The summed E-state index contributed by atoms with van der Waals surface area (Å²) in [6.07, 6.45) is -2.11. The van der Waals surface area contributed by atoms with Gasteiger partial charge in [-0.15, -0.1) is 0 Å². The van der Waals surface area contributed by atoms with Crippen molar-refractivity contribution in [3.05, 3.63) is 42.0 Å². The van der Waals surface area contributed by atoms with E-state index in [0.29, 0.717) is 5.56 Å². The number of aliphatic carboxylic acids is 1. The first-order valence-electron chi connectivity index (χ1n) is 13.3. The number of imide groups is 1. The van der Waals surface area contributed by atoms with Crippen molar-refractivity contribution < 1.29 is 63.1 Å². The Morgan fingerprint density at radius 2 is 1.75 bits per heavy atom. The molecule has 0 radical (unpaired) electrons. The summed E-state index contributed by atoms with van der Waals surface area (Å²) in [4.78, 5) is 83.0. The van der Waals surface area contributed by atoms with Crippen LogP contribution in [-0.2, 0) is 43.0 Å². The fourth-order valence-electron chi connectivity index (χ4n) is 4.16. The van der Waals surface area contributed by atoms with E-state index in [0.717, 1.165) is 17.1 Å². The number of nitrogens with one attached hydrogen (secondary N) is 2. The van der Waals surface area contributed by atoms with Gasteiger partial charge in [0.2, 0.25) is 18.1 Å². The van der Waals surface area contributed by atoms with Crippen molar-refractivity contribution in [1.29, 1.82) is 0 Å². The molecule has 1 aromatic rings. The molecule has 0 aliphatic carbocycles. The summed E-state index contributed by atoms with van der Waals surface area (Å²) in [5.41, 5.74) is 0.536. The number of rotatable bonds is 14. The minimum Gasteiger partial charge on any atom is -0.479 e. The Labute approximate surface area is 250 Å². The van der Waals surface area contributed by atoms with Crippen LogP contribution in [0, 0.1) is 5.92 Å². The van der Waals surface area contributed by atoms with Gasteiger partial charge < -0.3 is 45.0 Å². The smallest absolute Gasteiger partial charge is 0.335 e. The zero-order chi connectivity index (χ0) is 32.4. The molecule has 2 aliphatic rings. The molecule has 44 heavy (non-hydrogen) atoms. The molecule has 4 amide bonds. The molecule has 16 heteroatoms. The van der Waals surface area contributed by atoms with Crippen LogP contribution in [0.4, 0.5) is 5.69 Å². The summed E-state index contributed by atoms with van der Waals surface area (Å²) in [5, 5.41) is 35.1. The monoisotopic (exact) mass is 617 g/mol. The molecule has 1 aromatic carbocycles. The molecule has 0 bridgehead atoms. The number of carboxylic acid groups (broad SMARTS) is 1. The normalized spacial score (nSPS) is 23.0. The molecule has 0 aromatic heterocycles. The number of ether oxygens (including phenoxy) is 3.